The minimum atomic E-state index is -4.40. The zero-order chi connectivity index (χ0) is 14.8. The highest BCUT2D eigenvalue weighted by atomic mass is 19.4. The molecule has 3 N–H and O–H groups in total. The Hall–Kier alpha value is -2.09. The van der Waals surface area contributed by atoms with Crippen LogP contribution in [0.15, 0.2) is 29.4 Å². The molecule has 0 aromatic heterocycles. The summed E-state index contributed by atoms with van der Waals surface area (Å²) in [6.07, 6.45) is -4.45. The van der Waals surface area contributed by atoms with Crippen LogP contribution >= 0.6 is 0 Å². The lowest BCUT2D eigenvalue weighted by atomic mass is 10.1. The minimum Gasteiger partial charge on any atom is -0.390 e. The van der Waals surface area contributed by atoms with Crippen molar-refractivity contribution in [1.82, 2.24) is 0 Å². The highest BCUT2D eigenvalue weighted by molar-refractivity contribution is 6.43. The van der Waals surface area contributed by atoms with Crippen LogP contribution in [0.3, 0.4) is 0 Å². The Kier molecular flexibility index (Phi) is 3.93. The predicted octanol–water partition coefficient (Wildman–Crippen LogP) is 1.75. The summed E-state index contributed by atoms with van der Waals surface area (Å²) in [7, 11) is 0. The molecule has 0 saturated heterocycles. The highest BCUT2D eigenvalue weighted by Gasteiger charge is 2.30. The summed E-state index contributed by atoms with van der Waals surface area (Å²) in [5, 5.41) is 6.03. The molecule has 0 fully saturated rings. The Morgan fingerprint density at radius 2 is 2.05 bits per heavy atom. The van der Waals surface area contributed by atoms with Crippen molar-refractivity contribution in [3.8, 4) is 0 Å². The quantitative estimate of drug-likeness (QED) is 0.889. The molecule has 1 amide bonds. The van der Waals surface area contributed by atoms with Gasteiger partial charge < -0.3 is 15.9 Å². The molecule has 0 saturated carbocycles. The molecule has 2 rings (SSSR count). The number of oxime groups is 1. The van der Waals surface area contributed by atoms with Gasteiger partial charge in [0.1, 0.15) is 11.8 Å². The van der Waals surface area contributed by atoms with Crippen molar-refractivity contribution in [3.63, 3.8) is 0 Å². The molecule has 0 bridgehead atoms. The SMILES string of the molecule is NC[C@H]1CC(C(=O)Nc2ccc(C(F)(F)F)cc2)=NO1. The van der Waals surface area contributed by atoms with Crippen molar-refractivity contribution < 1.29 is 22.8 Å². The molecule has 0 spiro atoms. The number of carbonyl (C=O) groups is 1. The van der Waals surface area contributed by atoms with Crippen LogP contribution in [0.5, 0.6) is 0 Å². The van der Waals surface area contributed by atoms with Crippen molar-refractivity contribution in [3.05, 3.63) is 29.8 Å². The lowest BCUT2D eigenvalue weighted by Gasteiger charge is -2.08. The first-order chi connectivity index (χ1) is 9.40. The van der Waals surface area contributed by atoms with Gasteiger partial charge in [-0.3, -0.25) is 4.79 Å². The van der Waals surface area contributed by atoms with Gasteiger partial charge in [0, 0.05) is 18.7 Å². The van der Waals surface area contributed by atoms with Crippen molar-refractivity contribution in [2.45, 2.75) is 18.7 Å². The van der Waals surface area contributed by atoms with Gasteiger partial charge in [-0.1, -0.05) is 5.16 Å². The van der Waals surface area contributed by atoms with E-state index in [9.17, 15) is 18.0 Å². The second kappa shape index (κ2) is 5.49. The first-order valence-corrected chi connectivity index (χ1v) is 5.81. The summed E-state index contributed by atoms with van der Waals surface area (Å²) in [5.41, 5.74) is 5.01. The van der Waals surface area contributed by atoms with E-state index in [0.29, 0.717) is 0 Å². The van der Waals surface area contributed by atoms with E-state index in [2.05, 4.69) is 10.5 Å². The number of hydrogen-bond acceptors (Lipinski definition) is 4. The van der Waals surface area contributed by atoms with E-state index in [-0.39, 0.29) is 30.5 Å². The molecular weight excluding hydrogens is 275 g/mol. The number of rotatable bonds is 3. The van der Waals surface area contributed by atoms with Gasteiger partial charge in [0.15, 0.2) is 0 Å². The molecule has 8 heteroatoms. The van der Waals surface area contributed by atoms with Gasteiger partial charge in [-0.2, -0.15) is 13.2 Å². The second-order valence-electron chi connectivity index (χ2n) is 4.23. The largest absolute Gasteiger partial charge is 0.416 e. The van der Waals surface area contributed by atoms with Crippen LogP contribution in [-0.2, 0) is 15.8 Å². The van der Waals surface area contributed by atoms with E-state index < -0.39 is 17.6 Å². The van der Waals surface area contributed by atoms with Gasteiger partial charge >= 0.3 is 6.18 Å². The fourth-order valence-electron chi connectivity index (χ4n) is 1.63. The van der Waals surface area contributed by atoms with Gasteiger partial charge in [0.05, 0.1) is 5.56 Å². The number of nitrogens with one attached hydrogen (secondary N) is 1. The molecule has 0 aliphatic carbocycles. The third-order valence-electron chi connectivity index (χ3n) is 2.73. The summed E-state index contributed by atoms with van der Waals surface area (Å²) in [4.78, 5) is 16.7. The zero-order valence-electron chi connectivity index (χ0n) is 10.3. The zero-order valence-corrected chi connectivity index (χ0v) is 10.3. The maximum absolute atomic E-state index is 12.4. The topological polar surface area (TPSA) is 76.7 Å². The summed E-state index contributed by atoms with van der Waals surface area (Å²) >= 11 is 0. The molecule has 1 aromatic carbocycles. The average Bonchev–Trinajstić information content (AvgIpc) is 2.87. The molecule has 0 unspecified atom stereocenters. The maximum Gasteiger partial charge on any atom is 0.416 e. The van der Waals surface area contributed by atoms with Crippen molar-refractivity contribution in [1.29, 1.82) is 0 Å². The maximum atomic E-state index is 12.4. The molecule has 1 heterocycles. The summed E-state index contributed by atoms with van der Waals surface area (Å²) < 4.78 is 37.1. The third-order valence-corrected chi connectivity index (χ3v) is 2.73. The Morgan fingerprint density at radius 1 is 1.40 bits per heavy atom. The van der Waals surface area contributed by atoms with Crippen LogP contribution in [0, 0.1) is 0 Å². The highest BCUT2D eigenvalue weighted by Crippen LogP contribution is 2.29. The van der Waals surface area contributed by atoms with Crippen molar-refractivity contribution >= 4 is 17.3 Å². The van der Waals surface area contributed by atoms with Gasteiger partial charge in [0.2, 0.25) is 0 Å². The van der Waals surface area contributed by atoms with E-state index in [0.717, 1.165) is 12.1 Å². The number of carbonyl (C=O) groups excluding carboxylic acids is 1. The molecule has 1 aliphatic heterocycles. The van der Waals surface area contributed by atoms with Crippen LogP contribution in [0.25, 0.3) is 0 Å². The number of halogens is 3. The minimum absolute atomic E-state index is 0.167. The summed E-state index contributed by atoms with van der Waals surface area (Å²) in [6, 6.07) is 4.14. The summed E-state index contributed by atoms with van der Waals surface area (Å²) in [5.74, 6) is -0.513. The fourth-order valence-corrected chi connectivity index (χ4v) is 1.63. The number of anilines is 1. The lowest BCUT2D eigenvalue weighted by molar-refractivity contribution is -0.137. The standard InChI is InChI=1S/C12H12F3N3O2/c13-12(14,15)7-1-3-8(4-2-7)17-11(19)10-5-9(6-16)20-18-10/h1-4,9H,5-6,16H2,(H,17,19)/t9-/m1/s1. The van der Waals surface area contributed by atoms with Crippen molar-refractivity contribution in [2.24, 2.45) is 10.9 Å². The molecule has 5 nitrogen and oxygen atoms in total. The normalized spacial score (nSPS) is 18.4. The van der Waals surface area contributed by atoms with Crippen LogP contribution in [0.4, 0.5) is 18.9 Å². The van der Waals surface area contributed by atoms with Gasteiger partial charge in [-0.05, 0) is 24.3 Å². The Labute approximate surface area is 112 Å². The number of benzene rings is 1. The Bertz CT molecular complexity index is 526. The smallest absolute Gasteiger partial charge is 0.390 e. The van der Waals surface area contributed by atoms with Gasteiger partial charge in [-0.25, -0.2) is 0 Å². The molecule has 1 aliphatic rings. The van der Waals surface area contributed by atoms with E-state index in [4.69, 9.17) is 10.6 Å². The van der Waals surface area contributed by atoms with E-state index in [1.165, 1.54) is 12.1 Å². The number of nitrogens with two attached hydrogens (primary N) is 1. The average molecular weight is 287 g/mol. The molecular formula is C12H12F3N3O2. The number of alkyl halides is 3. The van der Waals surface area contributed by atoms with E-state index in [1.807, 2.05) is 0 Å². The van der Waals surface area contributed by atoms with Crippen LogP contribution < -0.4 is 11.1 Å². The molecule has 108 valence electrons. The Morgan fingerprint density at radius 3 is 2.55 bits per heavy atom. The van der Waals surface area contributed by atoms with Crippen LogP contribution in [0.1, 0.15) is 12.0 Å². The Balaban J connectivity index is 1.99. The second-order valence-corrected chi connectivity index (χ2v) is 4.23. The molecule has 1 aromatic rings. The van der Waals surface area contributed by atoms with Crippen LogP contribution in [0.2, 0.25) is 0 Å². The van der Waals surface area contributed by atoms with Crippen molar-refractivity contribution in [2.75, 3.05) is 11.9 Å². The third kappa shape index (κ3) is 3.27. The molecule has 1 atom stereocenters. The van der Waals surface area contributed by atoms with E-state index in [1.54, 1.807) is 0 Å². The first kappa shape index (κ1) is 14.3. The monoisotopic (exact) mass is 287 g/mol. The first-order valence-electron chi connectivity index (χ1n) is 5.81. The van der Waals surface area contributed by atoms with Crippen LogP contribution in [-0.4, -0.2) is 24.3 Å². The molecule has 0 radical (unpaired) electrons. The van der Waals surface area contributed by atoms with E-state index >= 15 is 0 Å². The number of amides is 1. The van der Waals surface area contributed by atoms with Gasteiger partial charge in [-0.15, -0.1) is 0 Å². The predicted molar refractivity (Wildman–Crippen MR) is 66.1 cm³/mol. The number of hydrogen-bond donors (Lipinski definition) is 2. The summed E-state index contributed by atoms with van der Waals surface area (Å²) in [6.45, 7) is 0.237. The molecule has 20 heavy (non-hydrogen) atoms. The fraction of sp³-hybridized carbons (Fsp3) is 0.333. The number of nitrogens with zero attached hydrogens (tertiary/aromatic N) is 1. The lowest BCUT2D eigenvalue weighted by Crippen LogP contribution is -2.25. The van der Waals surface area contributed by atoms with Gasteiger partial charge in [0.25, 0.3) is 5.91 Å².